The van der Waals surface area contributed by atoms with Crippen molar-refractivity contribution in [2.45, 2.75) is 37.5 Å². The number of alkyl halides is 3. The van der Waals surface area contributed by atoms with Gasteiger partial charge in [-0.15, -0.1) is 0 Å². The zero-order valence-electron chi connectivity index (χ0n) is 17.2. The summed E-state index contributed by atoms with van der Waals surface area (Å²) >= 11 is 0. The molecule has 2 atom stereocenters. The third kappa shape index (κ3) is 4.25. The molecule has 2 aromatic carbocycles. The van der Waals surface area contributed by atoms with E-state index in [0.29, 0.717) is 6.92 Å². The van der Waals surface area contributed by atoms with E-state index in [0.717, 1.165) is 29.2 Å². The smallest absolute Gasteiger partial charge is 0.422 e. The molecule has 10 heteroatoms. The quantitative estimate of drug-likeness (QED) is 0.626. The van der Waals surface area contributed by atoms with Crippen LogP contribution in [0, 0.1) is 0 Å². The first-order valence-corrected chi connectivity index (χ1v) is 9.69. The third-order valence-corrected chi connectivity index (χ3v) is 5.44. The number of rotatable bonds is 6. The number of aliphatic carboxylic acids is 1. The second-order valence-electron chi connectivity index (χ2n) is 7.61. The van der Waals surface area contributed by atoms with Gasteiger partial charge in [0, 0.05) is 5.92 Å². The van der Waals surface area contributed by atoms with Gasteiger partial charge in [-0.2, -0.15) is 13.2 Å². The Hall–Kier alpha value is -3.56. The van der Waals surface area contributed by atoms with E-state index >= 15 is 0 Å². The Morgan fingerprint density at radius 2 is 1.53 bits per heavy atom. The Morgan fingerprint density at radius 1 is 1.03 bits per heavy atom. The zero-order valence-corrected chi connectivity index (χ0v) is 17.2. The van der Waals surface area contributed by atoms with Crippen molar-refractivity contribution in [3.8, 4) is 11.1 Å². The van der Waals surface area contributed by atoms with E-state index in [4.69, 9.17) is 9.84 Å². The van der Waals surface area contributed by atoms with Gasteiger partial charge in [-0.25, -0.2) is 9.59 Å². The molecular weight excluding hydrogens is 429 g/mol. The average Bonchev–Trinajstić information content (AvgIpc) is 3.05. The number of hydrogen-bond acceptors (Lipinski definition) is 4. The number of benzene rings is 2. The predicted molar refractivity (Wildman–Crippen MR) is 108 cm³/mol. The molecule has 0 saturated carbocycles. The maximum absolute atomic E-state index is 13.1. The number of amides is 2. The molecule has 7 nitrogen and oxygen atoms in total. The molecule has 0 fully saturated rings. The minimum Gasteiger partial charge on any atom is -0.479 e. The minimum atomic E-state index is -5.24. The molecule has 0 aromatic heterocycles. The number of nitrogens with one attached hydrogen (secondary N) is 2. The Bertz CT molecular complexity index is 1010. The molecular formula is C22H21F3N2O5. The standard InChI is InChI=1S/C22H21F3N2O5/c1-12(18(28)27-21(2,19(29)30)22(23,24)25)26-20(31)32-11-17-15-9-5-3-7-13(15)14-8-4-6-10-16(14)17/h3-10,12,17H,11H2,1-2H3,(H,26,31)(H,27,28)(H,29,30)/t12-,21?/m1/s1. The lowest BCUT2D eigenvalue weighted by Gasteiger charge is -2.29. The number of carbonyl (C=O) groups is 3. The monoisotopic (exact) mass is 450 g/mol. The van der Waals surface area contributed by atoms with E-state index in [2.05, 4.69) is 5.32 Å². The van der Waals surface area contributed by atoms with Gasteiger partial charge in [0.05, 0.1) is 0 Å². The largest absolute Gasteiger partial charge is 0.479 e. The molecule has 0 heterocycles. The van der Waals surface area contributed by atoms with Crippen molar-refractivity contribution in [3.05, 3.63) is 59.7 Å². The van der Waals surface area contributed by atoms with Gasteiger partial charge < -0.3 is 20.5 Å². The van der Waals surface area contributed by atoms with Gasteiger partial charge in [0.25, 0.3) is 0 Å². The van der Waals surface area contributed by atoms with Crippen molar-refractivity contribution >= 4 is 18.0 Å². The molecule has 2 aromatic rings. The fourth-order valence-electron chi connectivity index (χ4n) is 3.48. The third-order valence-electron chi connectivity index (χ3n) is 5.44. The minimum absolute atomic E-state index is 0.0520. The Kier molecular flexibility index (Phi) is 6.16. The van der Waals surface area contributed by atoms with Gasteiger partial charge in [0.15, 0.2) is 0 Å². The summed E-state index contributed by atoms with van der Waals surface area (Å²) in [6.45, 7) is 1.40. The van der Waals surface area contributed by atoms with E-state index in [1.165, 1.54) is 5.32 Å². The van der Waals surface area contributed by atoms with E-state index in [9.17, 15) is 27.6 Å². The molecule has 1 aliphatic carbocycles. The maximum atomic E-state index is 13.1. The second-order valence-corrected chi connectivity index (χ2v) is 7.61. The summed E-state index contributed by atoms with van der Waals surface area (Å²) in [7, 11) is 0. The summed E-state index contributed by atoms with van der Waals surface area (Å²) in [5, 5.41) is 12.5. The van der Waals surface area contributed by atoms with Crippen molar-refractivity contribution in [2.24, 2.45) is 0 Å². The van der Waals surface area contributed by atoms with Crippen LogP contribution in [0.5, 0.6) is 0 Å². The van der Waals surface area contributed by atoms with Crippen LogP contribution in [-0.4, -0.2) is 47.4 Å². The highest BCUT2D eigenvalue weighted by atomic mass is 19.4. The number of fused-ring (bicyclic) bond motifs is 3. The van der Waals surface area contributed by atoms with Crippen LogP contribution in [0.4, 0.5) is 18.0 Å². The van der Waals surface area contributed by atoms with Crippen molar-refractivity contribution in [1.82, 2.24) is 10.6 Å². The molecule has 0 saturated heterocycles. The Labute approximate surface area is 181 Å². The molecule has 0 radical (unpaired) electrons. The van der Waals surface area contributed by atoms with E-state index in [-0.39, 0.29) is 12.5 Å². The number of carboxylic acids is 1. The lowest BCUT2D eigenvalue weighted by Crippen LogP contribution is -2.64. The highest BCUT2D eigenvalue weighted by molar-refractivity contribution is 5.91. The first kappa shape index (κ1) is 23.1. The van der Waals surface area contributed by atoms with Crippen LogP contribution in [-0.2, 0) is 14.3 Å². The van der Waals surface area contributed by atoms with Crippen LogP contribution in [0.15, 0.2) is 48.5 Å². The van der Waals surface area contributed by atoms with Gasteiger partial charge >= 0.3 is 18.2 Å². The van der Waals surface area contributed by atoms with Crippen molar-refractivity contribution in [3.63, 3.8) is 0 Å². The number of carboxylic acid groups (broad SMARTS) is 1. The predicted octanol–water partition coefficient (Wildman–Crippen LogP) is 3.44. The van der Waals surface area contributed by atoms with Crippen LogP contribution in [0.1, 0.15) is 30.9 Å². The topological polar surface area (TPSA) is 105 Å². The van der Waals surface area contributed by atoms with Gasteiger partial charge in [-0.1, -0.05) is 48.5 Å². The molecule has 3 N–H and O–H groups in total. The number of halogens is 3. The van der Waals surface area contributed by atoms with E-state index in [1.807, 2.05) is 48.5 Å². The van der Waals surface area contributed by atoms with E-state index in [1.54, 1.807) is 0 Å². The van der Waals surface area contributed by atoms with Crippen molar-refractivity contribution in [1.29, 1.82) is 0 Å². The van der Waals surface area contributed by atoms with Crippen LogP contribution in [0.3, 0.4) is 0 Å². The summed E-state index contributed by atoms with van der Waals surface area (Å²) in [5.74, 6) is -3.83. The zero-order chi connectivity index (χ0) is 23.7. The normalized spacial score (nSPS) is 15.7. The van der Waals surface area contributed by atoms with Gasteiger partial charge in [-0.3, -0.25) is 4.79 Å². The summed E-state index contributed by atoms with van der Waals surface area (Å²) in [5.41, 5.74) is 0.473. The number of carbonyl (C=O) groups excluding carboxylic acids is 2. The van der Waals surface area contributed by atoms with Crippen LogP contribution in [0.2, 0.25) is 0 Å². The molecule has 0 aliphatic heterocycles. The fraction of sp³-hybridized carbons (Fsp3) is 0.318. The lowest BCUT2D eigenvalue weighted by molar-refractivity contribution is -0.207. The summed E-state index contributed by atoms with van der Waals surface area (Å²) in [6.07, 6.45) is -6.25. The number of ether oxygens (including phenoxy) is 1. The average molecular weight is 450 g/mol. The lowest BCUT2D eigenvalue weighted by atomic mass is 9.98. The highest BCUT2D eigenvalue weighted by Gasteiger charge is 2.58. The Balaban J connectivity index is 1.63. The number of hydrogen-bond donors (Lipinski definition) is 3. The summed E-state index contributed by atoms with van der Waals surface area (Å²) in [6, 6.07) is 13.8. The highest BCUT2D eigenvalue weighted by Crippen LogP contribution is 2.44. The van der Waals surface area contributed by atoms with Crippen LogP contribution < -0.4 is 10.6 Å². The van der Waals surface area contributed by atoms with Crippen molar-refractivity contribution < 1.29 is 37.4 Å². The molecule has 0 bridgehead atoms. The van der Waals surface area contributed by atoms with Gasteiger partial charge in [-0.05, 0) is 36.1 Å². The first-order valence-electron chi connectivity index (χ1n) is 9.69. The van der Waals surface area contributed by atoms with Crippen LogP contribution in [0.25, 0.3) is 11.1 Å². The second kappa shape index (κ2) is 8.52. The molecule has 3 rings (SSSR count). The van der Waals surface area contributed by atoms with E-state index < -0.39 is 35.7 Å². The molecule has 1 unspecified atom stereocenters. The SMILES string of the molecule is C[C@@H](NC(=O)OCC1c2ccccc2-c2ccccc21)C(=O)NC(C)(C(=O)O)C(F)(F)F. The summed E-state index contributed by atoms with van der Waals surface area (Å²) < 4.78 is 44.4. The van der Waals surface area contributed by atoms with Crippen molar-refractivity contribution in [2.75, 3.05) is 6.61 Å². The first-order chi connectivity index (χ1) is 15.0. The molecule has 32 heavy (non-hydrogen) atoms. The molecule has 170 valence electrons. The maximum Gasteiger partial charge on any atom is 0.422 e. The number of alkyl carbamates (subject to hydrolysis) is 1. The molecule has 2 amide bonds. The Morgan fingerprint density at radius 3 is 2.00 bits per heavy atom. The molecule has 1 aliphatic rings. The van der Waals surface area contributed by atoms with Crippen LogP contribution >= 0.6 is 0 Å². The fourth-order valence-corrected chi connectivity index (χ4v) is 3.48. The van der Waals surface area contributed by atoms with Gasteiger partial charge in [0.1, 0.15) is 12.6 Å². The van der Waals surface area contributed by atoms with Gasteiger partial charge in [0.2, 0.25) is 11.4 Å². The summed E-state index contributed by atoms with van der Waals surface area (Å²) in [4.78, 5) is 35.3. The molecule has 0 spiro atoms.